The predicted octanol–water partition coefficient (Wildman–Crippen LogP) is 0.990. The van der Waals surface area contributed by atoms with Crippen LogP contribution in [0.15, 0.2) is 24.3 Å². The van der Waals surface area contributed by atoms with E-state index in [2.05, 4.69) is 4.90 Å². The van der Waals surface area contributed by atoms with Crippen molar-refractivity contribution in [1.29, 1.82) is 0 Å². The van der Waals surface area contributed by atoms with Gasteiger partial charge in [0.25, 0.3) is 0 Å². The number of amides is 1. The smallest absolute Gasteiger partial charge is 0.249 e. The fraction of sp³-hybridized carbons (Fsp3) is 0.500. The Balaban J connectivity index is 2.00. The summed E-state index contributed by atoms with van der Waals surface area (Å²) in [6.07, 6.45) is 2.05. The van der Waals surface area contributed by atoms with Crippen molar-refractivity contribution in [1.82, 2.24) is 4.90 Å². The highest BCUT2D eigenvalue weighted by atomic mass is 16.3. The van der Waals surface area contributed by atoms with Gasteiger partial charge in [-0.3, -0.25) is 9.69 Å². The maximum Gasteiger partial charge on any atom is 0.249 e. The van der Waals surface area contributed by atoms with E-state index in [0.29, 0.717) is 11.5 Å². The van der Waals surface area contributed by atoms with E-state index in [1.54, 1.807) is 6.07 Å². The highest BCUT2D eigenvalue weighted by molar-refractivity contribution is 5.94. The minimum Gasteiger partial charge on any atom is -0.396 e. The molecule has 0 aromatic heterocycles. The van der Waals surface area contributed by atoms with E-state index in [9.17, 15) is 4.79 Å². The largest absolute Gasteiger partial charge is 0.396 e. The molecule has 98 valence electrons. The lowest BCUT2D eigenvalue weighted by molar-refractivity contribution is 0.0996. The summed E-state index contributed by atoms with van der Waals surface area (Å²) >= 11 is 0. The lowest BCUT2D eigenvalue weighted by atomic mass is 9.97. The lowest BCUT2D eigenvalue weighted by Gasteiger charge is -2.31. The number of likely N-dealkylation sites (tertiary alicyclic amines) is 1. The first-order valence-corrected chi connectivity index (χ1v) is 6.41. The summed E-state index contributed by atoms with van der Waals surface area (Å²) in [5.74, 6) is 0.0727. The topological polar surface area (TPSA) is 66.6 Å². The van der Waals surface area contributed by atoms with Gasteiger partial charge in [-0.15, -0.1) is 0 Å². The zero-order valence-corrected chi connectivity index (χ0v) is 10.5. The van der Waals surface area contributed by atoms with Gasteiger partial charge < -0.3 is 10.8 Å². The van der Waals surface area contributed by atoms with Crippen LogP contribution in [0.2, 0.25) is 0 Å². The van der Waals surface area contributed by atoms with Crippen molar-refractivity contribution in [2.24, 2.45) is 11.7 Å². The van der Waals surface area contributed by atoms with Crippen molar-refractivity contribution in [3.63, 3.8) is 0 Å². The van der Waals surface area contributed by atoms with E-state index in [4.69, 9.17) is 10.8 Å². The Hall–Kier alpha value is -1.39. The summed E-state index contributed by atoms with van der Waals surface area (Å²) in [5, 5.41) is 9.10. The van der Waals surface area contributed by atoms with Gasteiger partial charge in [-0.05, 0) is 43.5 Å². The molecule has 0 aliphatic carbocycles. The lowest BCUT2D eigenvalue weighted by Crippen LogP contribution is -2.34. The number of piperidine rings is 1. The summed E-state index contributed by atoms with van der Waals surface area (Å²) in [5.41, 5.74) is 6.98. The van der Waals surface area contributed by atoms with E-state index in [-0.39, 0.29) is 12.5 Å². The number of benzene rings is 1. The average molecular weight is 248 g/mol. The molecule has 2 rings (SSSR count). The predicted molar refractivity (Wildman–Crippen MR) is 70.0 cm³/mol. The molecular weight excluding hydrogens is 228 g/mol. The second-order valence-electron chi connectivity index (χ2n) is 4.92. The van der Waals surface area contributed by atoms with Crippen LogP contribution < -0.4 is 5.73 Å². The second-order valence-corrected chi connectivity index (χ2v) is 4.92. The SMILES string of the molecule is NC(=O)c1ccccc1CN1CCC(CO)CC1. The number of carbonyl (C=O) groups is 1. The van der Waals surface area contributed by atoms with Gasteiger partial charge in [-0.25, -0.2) is 0 Å². The standard InChI is InChI=1S/C14H20N2O2/c15-14(18)13-4-2-1-3-12(13)9-16-7-5-11(10-17)6-8-16/h1-4,11,17H,5-10H2,(H2,15,18). The first-order chi connectivity index (χ1) is 8.70. The van der Waals surface area contributed by atoms with Gasteiger partial charge in [-0.2, -0.15) is 0 Å². The van der Waals surface area contributed by atoms with Crippen LogP contribution in [0.25, 0.3) is 0 Å². The fourth-order valence-electron chi connectivity index (χ4n) is 2.47. The van der Waals surface area contributed by atoms with Gasteiger partial charge in [-0.1, -0.05) is 18.2 Å². The molecular formula is C14H20N2O2. The molecule has 18 heavy (non-hydrogen) atoms. The number of hydrogen-bond donors (Lipinski definition) is 2. The Morgan fingerprint density at radius 2 is 2.00 bits per heavy atom. The van der Waals surface area contributed by atoms with E-state index in [1.807, 2.05) is 18.2 Å². The molecule has 0 unspecified atom stereocenters. The number of hydrogen-bond acceptors (Lipinski definition) is 3. The third-order valence-electron chi connectivity index (χ3n) is 3.64. The molecule has 4 nitrogen and oxygen atoms in total. The summed E-state index contributed by atoms with van der Waals surface area (Å²) in [7, 11) is 0. The van der Waals surface area contributed by atoms with Crippen LogP contribution in [0.3, 0.4) is 0 Å². The minimum atomic E-state index is -0.365. The Labute approximate surface area is 107 Å². The second kappa shape index (κ2) is 5.98. The van der Waals surface area contributed by atoms with Crippen molar-refractivity contribution in [2.75, 3.05) is 19.7 Å². The molecule has 1 aliphatic rings. The number of aliphatic hydroxyl groups is 1. The van der Waals surface area contributed by atoms with Gasteiger partial charge in [0.05, 0.1) is 0 Å². The van der Waals surface area contributed by atoms with Gasteiger partial charge in [0.2, 0.25) is 5.91 Å². The maximum absolute atomic E-state index is 11.3. The summed E-state index contributed by atoms with van der Waals surface area (Å²) in [4.78, 5) is 13.6. The molecule has 3 N–H and O–H groups in total. The number of carbonyl (C=O) groups excluding carboxylic acids is 1. The average Bonchev–Trinajstić information content (AvgIpc) is 2.40. The first kappa shape index (κ1) is 13.1. The normalized spacial score (nSPS) is 17.8. The van der Waals surface area contributed by atoms with Gasteiger partial charge in [0.15, 0.2) is 0 Å². The monoisotopic (exact) mass is 248 g/mol. The quantitative estimate of drug-likeness (QED) is 0.835. The molecule has 1 aromatic rings. The summed E-state index contributed by atoms with van der Waals surface area (Å²) in [6.45, 7) is 2.99. The number of nitrogens with zero attached hydrogens (tertiary/aromatic N) is 1. The molecule has 0 spiro atoms. The van der Waals surface area contributed by atoms with Crippen LogP contribution >= 0.6 is 0 Å². The molecule has 0 radical (unpaired) electrons. The molecule has 0 saturated carbocycles. The van der Waals surface area contributed by atoms with E-state index in [1.165, 1.54) is 0 Å². The van der Waals surface area contributed by atoms with E-state index >= 15 is 0 Å². The molecule has 1 saturated heterocycles. The van der Waals surface area contributed by atoms with Crippen LogP contribution in [0.4, 0.5) is 0 Å². The molecule has 1 fully saturated rings. The highest BCUT2D eigenvalue weighted by Crippen LogP contribution is 2.19. The minimum absolute atomic E-state index is 0.283. The summed E-state index contributed by atoms with van der Waals surface area (Å²) in [6, 6.07) is 7.50. The van der Waals surface area contributed by atoms with Crippen LogP contribution in [-0.4, -0.2) is 35.6 Å². The number of aliphatic hydroxyl groups excluding tert-OH is 1. The molecule has 0 bridgehead atoms. The maximum atomic E-state index is 11.3. The Kier molecular flexibility index (Phi) is 4.33. The Morgan fingerprint density at radius 1 is 1.33 bits per heavy atom. The Morgan fingerprint density at radius 3 is 2.61 bits per heavy atom. The summed E-state index contributed by atoms with van der Waals surface area (Å²) < 4.78 is 0. The molecule has 1 heterocycles. The molecule has 1 aliphatic heterocycles. The van der Waals surface area contributed by atoms with Crippen LogP contribution in [0, 0.1) is 5.92 Å². The molecule has 4 heteroatoms. The number of nitrogens with two attached hydrogens (primary N) is 1. The highest BCUT2D eigenvalue weighted by Gasteiger charge is 2.19. The van der Waals surface area contributed by atoms with Crippen LogP contribution in [-0.2, 0) is 6.54 Å². The fourth-order valence-corrected chi connectivity index (χ4v) is 2.47. The number of rotatable bonds is 4. The van der Waals surface area contributed by atoms with Crippen LogP contribution in [0.5, 0.6) is 0 Å². The number of primary amides is 1. The van der Waals surface area contributed by atoms with E-state index < -0.39 is 0 Å². The van der Waals surface area contributed by atoms with Crippen LogP contribution in [0.1, 0.15) is 28.8 Å². The third-order valence-corrected chi connectivity index (χ3v) is 3.64. The van der Waals surface area contributed by atoms with Gasteiger partial charge in [0.1, 0.15) is 0 Å². The zero-order valence-electron chi connectivity index (χ0n) is 10.5. The van der Waals surface area contributed by atoms with E-state index in [0.717, 1.165) is 38.0 Å². The van der Waals surface area contributed by atoms with Crippen molar-refractivity contribution >= 4 is 5.91 Å². The van der Waals surface area contributed by atoms with Crippen molar-refractivity contribution in [2.45, 2.75) is 19.4 Å². The van der Waals surface area contributed by atoms with Gasteiger partial charge >= 0.3 is 0 Å². The molecule has 1 aromatic carbocycles. The molecule has 1 amide bonds. The molecule has 0 atom stereocenters. The Bertz CT molecular complexity index is 412. The van der Waals surface area contributed by atoms with Crippen molar-refractivity contribution in [3.8, 4) is 0 Å². The van der Waals surface area contributed by atoms with Crippen molar-refractivity contribution in [3.05, 3.63) is 35.4 Å². The first-order valence-electron chi connectivity index (χ1n) is 6.41. The zero-order chi connectivity index (χ0) is 13.0. The van der Waals surface area contributed by atoms with Crippen molar-refractivity contribution < 1.29 is 9.90 Å². The third kappa shape index (κ3) is 3.09. The van der Waals surface area contributed by atoms with Gasteiger partial charge in [0, 0.05) is 18.7 Å².